The SMILES string of the molecule is O=C1Nc2ccc(Cl)cc2NC2COCC12. The number of rotatable bonds is 0. The summed E-state index contributed by atoms with van der Waals surface area (Å²) in [5.41, 5.74) is 1.64. The Kier molecular flexibility index (Phi) is 2.26. The quantitative estimate of drug-likeness (QED) is 0.724. The van der Waals surface area contributed by atoms with Crippen molar-refractivity contribution in [1.29, 1.82) is 0 Å². The Morgan fingerprint density at radius 1 is 1.31 bits per heavy atom. The molecule has 0 saturated carbocycles. The van der Waals surface area contributed by atoms with E-state index in [1.54, 1.807) is 6.07 Å². The average Bonchev–Trinajstić information content (AvgIpc) is 2.65. The van der Waals surface area contributed by atoms with Gasteiger partial charge >= 0.3 is 0 Å². The molecule has 1 saturated heterocycles. The summed E-state index contributed by atoms with van der Waals surface area (Å²) < 4.78 is 5.31. The summed E-state index contributed by atoms with van der Waals surface area (Å²) in [6, 6.07) is 5.43. The summed E-state index contributed by atoms with van der Waals surface area (Å²) in [5.74, 6) is -0.109. The minimum absolute atomic E-state index is 0.0103. The second-order valence-electron chi connectivity index (χ2n) is 4.07. The second kappa shape index (κ2) is 3.64. The lowest BCUT2D eigenvalue weighted by Gasteiger charge is -2.14. The van der Waals surface area contributed by atoms with Crippen LogP contribution in [0.4, 0.5) is 11.4 Å². The maximum Gasteiger partial charge on any atom is 0.232 e. The first kappa shape index (κ1) is 9.93. The van der Waals surface area contributed by atoms with Gasteiger partial charge in [-0.1, -0.05) is 11.6 Å². The van der Waals surface area contributed by atoms with Crippen LogP contribution in [0, 0.1) is 5.92 Å². The molecular formula is C11H11ClN2O2. The third-order valence-corrected chi connectivity index (χ3v) is 3.23. The number of amides is 1. The summed E-state index contributed by atoms with van der Waals surface area (Å²) in [6.45, 7) is 1.04. The van der Waals surface area contributed by atoms with Crippen LogP contribution in [0.3, 0.4) is 0 Å². The van der Waals surface area contributed by atoms with E-state index in [1.807, 2.05) is 12.1 Å². The summed E-state index contributed by atoms with van der Waals surface area (Å²) in [6.07, 6.45) is 0. The van der Waals surface area contributed by atoms with Crippen molar-refractivity contribution >= 4 is 28.9 Å². The topological polar surface area (TPSA) is 50.4 Å². The van der Waals surface area contributed by atoms with Gasteiger partial charge in [-0.05, 0) is 18.2 Å². The summed E-state index contributed by atoms with van der Waals surface area (Å²) in [4.78, 5) is 11.9. The number of benzene rings is 1. The first-order chi connectivity index (χ1) is 7.74. The van der Waals surface area contributed by atoms with Gasteiger partial charge in [0.05, 0.1) is 36.5 Å². The van der Waals surface area contributed by atoms with Crippen LogP contribution in [0.2, 0.25) is 5.02 Å². The number of carbonyl (C=O) groups excluding carboxylic acids is 1. The number of fused-ring (bicyclic) bond motifs is 2. The van der Waals surface area contributed by atoms with E-state index < -0.39 is 0 Å². The molecule has 1 amide bonds. The Balaban J connectivity index is 2.01. The van der Waals surface area contributed by atoms with Gasteiger partial charge in [-0.25, -0.2) is 0 Å². The summed E-state index contributed by atoms with van der Waals surface area (Å²) >= 11 is 5.93. The molecule has 1 aromatic rings. The van der Waals surface area contributed by atoms with E-state index in [2.05, 4.69) is 10.6 Å². The maximum absolute atomic E-state index is 11.9. The van der Waals surface area contributed by atoms with Crippen LogP contribution in [0.5, 0.6) is 0 Å². The molecule has 0 bridgehead atoms. The summed E-state index contributed by atoms with van der Waals surface area (Å²) in [7, 11) is 0. The first-order valence-corrected chi connectivity index (χ1v) is 5.56. The Morgan fingerprint density at radius 3 is 3.06 bits per heavy atom. The molecular weight excluding hydrogens is 228 g/mol. The first-order valence-electron chi connectivity index (χ1n) is 5.19. The number of ether oxygens (including phenoxy) is 1. The van der Waals surface area contributed by atoms with Crippen molar-refractivity contribution in [2.24, 2.45) is 5.92 Å². The van der Waals surface area contributed by atoms with Crippen LogP contribution in [0.25, 0.3) is 0 Å². The van der Waals surface area contributed by atoms with E-state index in [1.165, 1.54) is 0 Å². The normalized spacial score (nSPS) is 27.4. The molecule has 4 nitrogen and oxygen atoms in total. The van der Waals surface area contributed by atoms with Crippen LogP contribution in [-0.2, 0) is 9.53 Å². The van der Waals surface area contributed by atoms with E-state index in [9.17, 15) is 4.79 Å². The van der Waals surface area contributed by atoms with Crippen molar-refractivity contribution in [3.05, 3.63) is 23.2 Å². The van der Waals surface area contributed by atoms with Crippen molar-refractivity contribution in [2.75, 3.05) is 23.8 Å². The molecule has 2 heterocycles. The highest BCUT2D eigenvalue weighted by Crippen LogP contribution is 2.32. The van der Waals surface area contributed by atoms with Gasteiger partial charge in [0.25, 0.3) is 0 Å². The van der Waals surface area contributed by atoms with Gasteiger partial charge in [0.2, 0.25) is 5.91 Å². The third-order valence-electron chi connectivity index (χ3n) is 3.00. The zero-order valence-electron chi connectivity index (χ0n) is 8.50. The van der Waals surface area contributed by atoms with Crippen molar-refractivity contribution in [2.45, 2.75) is 6.04 Å². The predicted octanol–water partition coefficient (Wildman–Crippen LogP) is 1.72. The second-order valence-corrected chi connectivity index (χ2v) is 4.51. The fourth-order valence-corrected chi connectivity index (χ4v) is 2.30. The molecule has 2 aliphatic rings. The number of nitrogens with one attached hydrogen (secondary N) is 2. The van der Waals surface area contributed by atoms with Gasteiger partial charge in [0.15, 0.2) is 0 Å². The molecule has 0 aliphatic carbocycles. The van der Waals surface area contributed by atoms with Crippen molar-refractivity contribution in [3.8, 4) is 0 Å². The van der Waals surface area contributed by atoms with Crippen LogP contribution in [-0.4, -0.2) is 25.2 Å². The lowest BCUT2D eigenvalue weighted by Crippen LogP contribution is -2.33. The summed E-state index contributed by atoms with van der Waals surface area (Å²) in [5, 5.41) is 6.83. The molecule has 2 N–H and O–H groups in total. The minimum atomic E-state index is -0.119. The molecule has 2 aliphatic heterocycles. The van der Waals surface area contributed by atoms with Crippen LogP contribution >= 0.6 is 11.6 Å². The molecule has 1 aromatic carbocycles. The van der Waals surface area contributed by atoms with E-state index in [0.29, 0.717) is 18.2 Å². The maximum atomic E-state index is 11.9. The Hall–Kier alpha value is -1.26. The van der Waals surface area contributed by atoms with E-state index in [-0.39, 0.29) is 17.9 Å². The molecule has 5 heteroatoms. The van der Waals surface area contributed by atoms with Crippen LogP contribution < -0.4 is 10.6 Å². The fourth-order valence-electron chi connectivity index (χ4n) is 2.13. The average molecular weight is 239 g/mol. The Morgan fingerprint density at radius 2 is 2.19 bits per heavy atom. The van der Waals surface area contributed by atoms with Gasteiger partial charge in [-0.15, -0.1) is 0 Å². The Bertz CT molecular complexity index is 450. The molecule has 16 heavy (non-hydrogen) atoms. The predicted molar refractivity (Wildman–Crippen MR) is 61.8 cm³/mol. The van der Waals surface area contributed by atoms with Gasteiger partial charge in [-0.3, -0.25) is 4.79 Å². The van der Waals surface area contributed by atoms with E-state index >= 15 is 0 Å². The highest BCUT2D eigenvalue weighted by Gasteiger charge is 2.36. The van der Waals surface area contributed by atoms with E-state index in [0.717, 1.165) is 11.4 Å². The highest BCUT2D eigenvalue weighted by molar-refractivity contribution is 6.31. The number of halogens is 1. The molecule has 84 valence electrons. The van der Waals surface area contributed by atoms with Crippen molar-refractivity contribution < 1.29 is 9.53 Å². The highest BCUT2D eigenvalue weighted by atomic mass is 35.5. The molecule has 2 unspecified atom stereocenters. The fraction of sp³-hybridized carbons (Fsp3) is 0.364. The zero-order valence-corrected chi connectivity index (χ0v) is 9.25. The molecule has 2 atom stereocenters. The van der Waals surface area contributed by atoms with E-state index in [4.69, 9.17) is 16.3 Å². The molecule has 1 fully saturated rings. The zero-order chi connectivity index (χ0) is 11.1. The third kappa shape index (κ3) is 1.54. The molecule has 0 aromatic heterocycles. The van der Waals surface area contributed by atoms with Crippen molar-refractivity contribution in [3.63, 3.8) is 0 Å². The molecule has 0 spiro atoms. The standard InChI is InChI=1S/C11H11ClN2O2/c12-6-1-2-8-9(3-6)13-10-5-16-4-7(10)11(15)14-8/h1-3,7,10,13H,4-5H2,(H,14,15). The molecule has 0 radical (unpaired) electrons. The molecule has 3 rings (SSSR count). The monoisotopic (exact) mass is 238 g/mol. The number of hydrogen-bond donors (Lipinski definition) is 2. The largest absolute Gasteiger partial charge is 0.378 e. The van der Waals surface area contributed by atoms with Crippen molar-refractivity contribution in [1.82, 2.24) is 0 Å². The Labute approximate surface area is 97.9 Å². The van der Waals surface area contributed by atoms with Gasteiger partial charge in [0, 0.05) is 5.02 Å². The van der Waals surface area contributed by atoms with Gasteiger partial charge in [-0.2, -0.15) is 0 Å². The lowest BCUT2D eigenvalue weighted by molar-refractivity contribution is -0.119. The lowest BCUT2D eigenvalue weighted by atomic mass is 10.0. The smallest absolute Gasteiger partial charge is 0.232 e. The number of anilines is 2. The van der Waals surface area contributed by atoms with Crippen LogP contribution in [0.1, 0.15) is 0 Å². The van der Waals surface area contributed by atoms with Gasteiger partial charge in [0.1, 0.15) is 0 Å². The minimum Gasteiger partial charge on any atom is -0.378 e. The number of carbonyl (C=O) groups is 1. The van der Waals surface area contributed by atoms with Crippen LogP contribution in [0.15, 0.2) is 18.2 Å². The number of hydrogen-bond acceptors (Lipinski definition) is 3. The van der Waals surface area contributed by atoms with Gasteiger partial charge < -0.3 is 15.4 Å².